The Morgan fingerprint density at radius 1 is 0.789 bits per heavy atom. The number of ketones is 1. The van der Waals surface area contributed by atoms with Gasteiger partial charge in [-0.05, 0) is 11.1 Å². The minimum Gasteiger partial charge on any atom is -0.289 e. The number of benzene rings is 2. The fourth-order valence-corrected chi connectivity index (χ4v) is 2.23. The Kier molecular flexibility index (Phi) is 3.11. The lowest BCUT2D eigenvalue weighted by atomic mass is 9.93. The van der Waals surface area contributed by atoms with E-state index in [4.69, 9.17) is 0 Å². The number of carbonyl (C=O) groups excluding carboxylic acids is 1. The standard InChI is InChI=1S/C18H13O/c19-18(15-10-2-1-3-11-15)17-13-7-6-12-16(17)14-8-4-5-9-14/h1-13H. The van der Waals surface area contributed by atoms with Gasteiger partial charge in [-0.1, -0.05) is 72.8 Å². The summed E-state index contributed by atoms with van der Waals surface area (Å²) in [6, 6.07) is 17.1. The van der Waals surface area contributed by atoms with Crippen molar-refractivity contribution in [3.63, 3.8) is 0 Å². The van der Waals surface area contributed by atoms with Crippen molar-refractivity contribution in [1.29, 1.82) is 0 Å². The monoisotopic (exact) mass is 245 g/mol. The summed E-state index contributed by atoms with van der Waals surface area (Å²) in [6.07, 6.45) is 8.02. The van der Waals surface area contributed by atoms with Crippen LogP contribution in [-0.4, -0.2) is 5.78 Å². The highest BCUT2D eigenvalue weighted by atomic mass is 16.1. The van der Waals surface area contributed by atoms with Gasteiger partial charge in [-0.15, -0.1) is 0 Å². The van der Waals surface area contributed by atoms with Gasteiger partial charge in [-0.3, -0.25) is 4.79 Å². The smallest absolute Gasteiger partial charge is 0.193 e. The van der Waals surface area contributed by atoms with Gasteiger partial charge >= 0.3 is 0 Å². The van der Waals surface area contributed by atoms with Crippen LogP contribution >= 0.6 is 0 Å². The van der Waals surface area contributed by atoms with Gasteiger partial charge in [0.15, 0.2) is 5.78 Å². The van der Waals surface area contributed by atoms with E-state index in [2.05, 4.69) is 0 Å². The first-order valence-electron chi connectivity index (χ1n) is 6.27. The largest absolute Gasteiger partial charge is 0.289 e. The highest BCUT2D eigenvalue weighted by molar-refractivity contribution is 6.12. The Balaban J connectivity index is 2.04. The quantitative estimate of drug-likeness (QED) is 0.745. The van der Waals surface area contributed by atoms with Crippen LogP contribution in [0.1, 0.15) is 21.5 Å². The molecule has 0 fully saturated rings. The average Bonchev–Trinajstić information content (AvgIpc) is 3.01. The molecule has 1 aliphatic rings. The molecule has 0 saturated heterocycles. The lowest BCUT2D eigenvalue weighted by molar-refractivity contribution is 0.103. The molecule has 0 heterocycles. The topological polar surface area (TPSA) is 17.1 Å². The second-order valence-corrected chi connectivity index (χ2v) is 4.41. The molecule has 0 saturated carbocycles. The van der Waals surface area contributed by atoms with Crippen LogP contribution in [0.15, 0.2) is 72.8 Å². The number of carbonyl (C=O) groups is 1. The van der Waals surface area contributed by atoms with Gasteiger partial charge in [0.05, 0.1) is 0 Å². The zero-order valence-corrected chi connectivity index (χ0v) is 10.4. The predicted molar refractivity (Wildman–Crippen MR) is 77.7 cm³/mol. The molecule has 1 heteroatoms. The molecule has 0 atom stereocenters. The van der Waals surface area contributed by atoms with Crippen LogP contribution < -0.4 is 0 Å². The zero-order valence-electron chi connectivity index (χ0n) is 10.4. The van der Waals surface area contributed by atoms with Gasteiger partial charge in [0, 0.05) is 17.5 Å². The molecule has 1 radical (unpaired) electrons. The molecule has 0 unspecified atom stereocenters. The van der Waals surface area contributed by atoms with Gasteiger partial charge < -0.3 is 0 Å². The first-order valence-corrected chi connectivity index (χ1v) is 6.27. The molecule has 0 bridgehead atoms. The van der Waals surface area contributed by atoms with E-state index in [9.17, 15) is 4.79 Å². The number of allylic oxidation sites excluding steroid dienone is 4. The molecule has 1 aliphatic carbocycles. The van der Waals surface area contributed by atoms with Crippen LogP contribution in [0.5, 0.6) is 0 Å². The fourth-order valence-electron chi connectivity index (χ4n) is 2.23. The van der Waals surface area contributed by atoms with Gasteiger partial charge in [-0.25, -0.2) is 0 Å². The molecule has 19 heavy (non-hydrogen) atoms. The lowest BCUT2D eigenvalue weighted by Crippen LogP contribution is -2.04. The maximum atomic E-state index is 12.6. The summed E-state index contributed by atoms with van der Waals surface area (Å²) in [6.45, 7) is 0. The molecule has 0 amide bonds. The first kappa shape index (κ1) is 11.7. The molecule has 0 aliphatic heterocycles. The Bertz CT molecular complexity index is 663. The summed E-state index contributed by atoms with van der Waals surface area (Å²) < 4.78 is 0. The summed E-state index contributed by atoms with van der Waals surface area (Å²) in [4.78, 5) is 12.6. The fraction of sp³-hybridized carbons (Fsp3) is 0. The molecule has 0 N–H and O–H groups in total. The molecular weight excluding hydrogens is 232 g/mol. The third-order valence-corrected chi connectivity index (χ3v) is 3.18. The van der Waals surface area contributed by atoms with Crippen LogP contribution in [0, 0.1) is 6.42 Å². The first-order chi connectivity index (χ1) is 9.36. The minimum atomic E-state index is 0.0670. The Morgan fingerprint density at radius 3 is 2.26 bits per heavy atom. The predicted octanol–water partition coefficient (Wildman–Crippen LogP) is 4.08. The van der Waals surface area contributed by atoms with Crippen molar-refractivity contribution in [2.75, 3.05) is 0 Å². The van der Waals surface area contributed by atoms with Crippen LogP contribution in [-0.2, 0) is 0 Å². The lowest BCUT2D eigenvalue weighted by Gasteiger charge is -2.09. The van der Waals surface area contributed by atoms with Crippen molar-refractivity contribution in [1.82, 2.24) is 0 Å². The Morgan fingerprint density at radius 2 is 1.53 bits per heavy atom. The second kappa shape index (κ2) is 5.07. The summed E-state index contributed by atoms with van der Waals surface area (Å²) in [5, 5.41) is 0. The zero-order chi connectivity index (χ0) is 13.1. The third kappa shape index (κ3) is 2.27. The maximum Gasteiger partial charge on any atom is 0.193 e. The van der Waals surface area contributed by atoms with Crippen LogP contribution in [0.2, 0.25) is 0 Å². The summed E-state index contributed by atoms with van der Waals surface area (Å²) in [5.41, 5.74) is 3.54. The van der Waals surface area contributed by atoms with Crippen LogP contribution in [0.25, 0.3) is 5.57 Å². The second-order valence-electron chi connectivity index (χ2n) is 4.41. The third-order valence-electron chi connectivity index (χ3n) is 3.18. The number of rotatable bonds is 3. The number of hydrogen-bond acceptors (Lipinski definition) is 1. The van der Waals surface area contributed by atoms with E-state index in [1.165, 1.54) is 0 Å². The van der Waals surface area contributed by atoms with Gasteiger partial charge in [0.25, 0.3) is 0 Å². The van der Waals surface area contributed by atoms with E-state index in [0.717, 1.165) is 22.3 Å². The summed E-state index contributed by atoms with van der Waals surface area (Å²) >= 11 is 0. The van der Waals surface area contributed by atoms with E-state index in [1.54, 1.807) is 0 Å². The van der Waals surface area contributed by atoms with Crippen molar-refractivity contribution < 1.29 is 4.79 Å². The SMILES string of the molecule is O=C(c1ccccc1)c1ccccc1C1=CC=C[CH]1. The molecule has 0 spiro atoms. The van der Waals surface area contributed by atoms with Crippen molar-refractivity contribution in [2.45, 2.75) is 0 Å². The highest BCUT2D eigenvalue weighted by Crippen LogP contribution is 2.26. The van der Waals surface area contributed by atoms with E-state index in [0.29, 0.717) is 0 Å². The van der Waals surface area contributed by atoms with E-state index < -0.39 is 0 Å². The van der Waals surface area contributed by atoms with E-state index in [-0.39, 0.29) is 5.78 Å². The summed E-state index contributed by atoms with van der Waals surface area (Å²) in [7, 11) is 0. The van der Waals surface area contributed by atoms with Crippen molar-refractivity contribution in [2.24, 2.45) is 0 Å². The Labute approximate surface area is 112 Å². The molecule has 1 nitrogen and oxygen atoms in total. The average molecular weight is 245 g/mol. The summed E-state index contributed by atoms with van der Waals surface area (Å²) in [5.74, 6) is 0.0670. The molecular formula is C18H13O. The van der Waals surface area contributed by atoms with E-state index in [1.807, 2.05) is 79.2 Å². The molecule has 2 aromatic rings. The number of hydrogen-bond donors (Lipinski definition) is 0. The van der Waals surface area contributed by atoms with Gasteiger partial charge in [0.1, 0.15) is 0 Å². The molecule has 0 aromatic heterocycles. The maximum absolute atomic E-state index is 12.6. The highest BCUT2D eigenvalue weighted by Gasteiger charge is 2.15. The molecule has 3 rings (SSSR count). The van der Waals surface area contributed by atoms with Crippen molar-refractivity contribution in [3.05, 3.63) is 95.9 Å². The molecule has 2 aromatic carbocycles. The molecule has 91 valence electrons. The van der Waals surface area contributed by atoms with E-state index >= 15 is 0 Å². The Hall–Kier alpha value is -2.41. The normalized spacial score (nSPS) is 13.4. The van der Waals surface area contributed by atoms with Gasteiger partial charge in [-0.2, -0.15) is 0 Å². The minimum absolute atomic E-state index is 0.0670. The van der Waals surface area contributed by atoms with Crippen LogP contribution in [0.4, 0.5) is 0 Å². The van der Waals surface area contributed by atoms with Crippen molar-refractivity contribution in [3.8, 4) is 0 Å². The van der Waals surface area contributed by atoms with Crippen molar-refractivity contribution >= 4 is 11.4 Å². The van der Waals surface area contributed by atoms with Crippen LogP contribution in [0.3, 0.4) is 0 Å². The van der Waals surface area contributed by atoms with Gasteiger partial charge in [0.2, 0.25) is 0 Å².